The SMILES string of the molecule is COC(=O)CCCCCNC(=O)CNC(=O)c1ccc(C)c(C)c1. The van der Waals surface area contributed by atoms with Gasteiger partial charge in [0, 0.05) is 18.5 Å². The molecule has 2 amide bonds. The molecule has 0 atom stereocenters. The molecule has 0 unspecified atom stereocenters. The molecule has 6 nitrogen and oxygen atoms in total. The number of nitrogens with one attached hydrogen (secondary N) is 2. The molecule has 0 spiro atoms. The molecule has 0 saturated heterocycles. The molecule has 1 aromatic rings. The van der Waals surface area contributed by atoms with Crippen LogP contribution in [0.1, 0.15) is 47.2 Å². The number of unbranched alkanes of at least 4 members (excludes halogenated alkanes) is 2. The first kappa shape index (κ1) is 19.7. The number of carbonyl (C=O) groups excluding carboxylic acids is 3. The van der Waals surface area contributed by atoms with E-state index in [0.29, 0.717) is 18.5 Å². The molecule has 0 aliphatic heterocycles. The van der Waals surface area contributed by atoms with Crippen molar-refractivity contribution in [3.63, 3.8) is 0 Å². The van der Waals surface area contributed by atoms with E-state index >= 15 is 0 Å². The summed E-state index contributed by atoms with van der Waals surface area (Å²) in [5.74, 6) is -0.695. The molecule has 24 heavy (non-hydrogen) atoms. The predicted octanol–water partition coefficient (Wildman–Crippen LogP) is 1.88. The van der Waals surface area contributed by atoms with E-state index in [2.05, 4.69) is 15.4 Å². The maximum Gasteiger partial charge on any atom is 0.305 e. The van der Waals surface area contributed by atoms with Crippen LogP contribution in [0.3, 0.4) is 0 Å². The van der Waals surface area contributed by atoms with Gasteiger partial charge < -0.3 is 15.4 Å². The second kappa shape index (κ2) is 10.4. The minimum Gasteiger partial charge on any atom is -0.469 e. The van der Waals surface area contributed by atoms with Crippen LogP contribution in [-0.4, -0.2) is 38.0 Å². The van der Waals surface area contributed by atoms with E-state index < -0.39 is 0 Å². The molecule has 0 radical (unpaired) electrons. The normalized spacial score (nSPS) is 10.1. The van der Waals surface area contributed by atoms with Crippen molar-refractivity contribution in [1.29, 1.82) is 0 Å². The lowest BCUT2D eigenvalue weighted by Gasteiger charge is -2.08. The van der Waals surface area contributed by atoms with Crippen molar-refractivity contribution in [1.82, 2.24) is 10.6 Å². The number of rotatable bonds is 9. The molecule has 1 aromatic carbocycles. The Bertz CT molecular complexity index is 584. The topological polar surface area (TPSA) is 84.5 Å². The van der Waals surface area contributed by atoms with Crippen LogP contribution in [0.5, 0.6) is 0 Å². The highest BCUT2D eigenvalue weighted by molar-refractivity contribution is 5.96. The summed E-state index contributed by atoms with van der Waals surface area (Å²) in [6, 6.07) is 5.44. The number of carbonyl (C=O) groups is 3. The fourth-order valence-electron chi connectivity index (χ4n) is 2.11. The van der Waals surface area contributed by atoms with Crippen molar-refractivity contribution in [2.45, 2.75) is 39.5 Å². The third kappa shape index (κ3) is 7.26. The van der Waals surface area contributed by atoms with E-state index in [-0.39, 0.29) is 24.3 Å². The third-order valence-electron chi connectivity index (χ3n) is 3.79. The molecule has 0 bridgehead atoms. The lowest BCUT2D eigenvalue weighted by atomic mass is 10.1. The van der Waals surface area contributed by atoms with Gasteiger partial charge in [-0.25, -0.2) is 0 Å². The van der Waals surface area contributed by atoms with Crippen LogP contribution in [0.15, 0.2) is 18.2 Å². The molecule has 1 rings (SSSR count). The van der Waals surface area contributed by atoms with Crippen LogP contribution >= 0.6 is 0 Å². The minimum atomic E-state index is -0.258. The molecular formula is C18H26N2O4. The van der Waals surface area contributed by atoms with Crippen LogP contribution in [0.4, 0.5) is 0 Å². The highest BCUT2D eigenvalue weighted by Crippen LogP contribution is 2.09. The second-order valence-corrected chi connectivity index (χ2v) is 5.72. The van der Waals surface area contributed by atoms with Crippen molar-refractivity contribution in [3.05, 3.63) is 34.9 Å². The Morgan fingerprint density at radius 3 is 2.42 bits per heavy atom. The zero-order valence-corrected chi connectivity index (χ0v) is 14.6. The van der Waals surface area contributed by atoms with Crippen LogP contribution in [0.2, 0.25) is 0 Å². The van der Waals surface area contributed by atoms with E-state index in [1.807, 2.05) is 26.0 Å². The Labute approximate surface area is 143 Å². The number of esters is 1. The largest absolute Gasteiger partial charge is 0.469 e. The lowest BCUT2D eigenvalue weighted by Crippen LogP contribution is -2.37. The summed E-state index contributed by atoms with van der Waals surface area (Å²) in [6.45, 7) is 4.40. The summed E-state index contributed by atoms with van der Waals surface area (Å²) < 4.78 is 4.55. The Kier molecular flexibility index (Phi) is 8.54. The van der Waals surface area contributed by atoms with E-state index in [0.717, 1.165) is 30.4 Å². The van der Waals surface area contributed by atoms with E-state index in [1.54, 1.807) is 6.07 Å². The highest BCUT2D eigenvalue weighted by Gasteiger charge is 2.08. The van der Waals surface area contributed by atoms with Gasteiger partial charge in [-0.3, -0.25) is 14.4 Å². The number of methoxy groups -OCH3 is 1. The first-order valence-corrected chi connectivity index (χ1v) is 8.13. The molecule has 0 saturated carbocycles. The van der Waals surface area contributed by atoms with Gasteiger partial charge in [0.15, 0.2) is 0 Å². The van der Waals surface area contributed by atoms with Crippen molar-refractivity contribution >= 4 is 17.8 Å². The number of hydrogen-bond donors (Lipinski definition) is 2. The maximum absolute atomic E-state index is 12.0. The van der Waals surface area contributed by atoms with Crippen LogP contribution < -0.4 is 10.6 Å². The van der Waals surface area contributed by atoms with Gasteiger partial charge in [-0.1, -0.05) is 12.5 Å². The van der Waals surface area contributed by atoms with Gasteiger partial charge >= 0.3 is 5.97 Å². The van der Waals surface area contributed by atoms with Gasteiger partial charge in [0.05, 0.1) is 13.7 Å². The molecule has 0 heterocycles. The molecular weight excluding hydrogens is 308 g/mol. The van der Waals surface area contributed by atoms with Crippen molar-refractivity contribution in [2.75, 3.05) is 20.2 Å². The van der Waals surface area contributed by atoms with Gasteiger partial charge in [0.2, 0.25) is 5.91 Å². The van der Waals surface area contributed by atoms with E-state index in [4.69, 9.17) is 0 Å². The van der Waals surface area contributed by atoms with Gasteiger partial charge in [0.1, 0.15) is 0 Å². The summed E-state index contributed by atoms with van der Waals surface area (Å²) in [6.07, 6.45) is 2.76. The van der Waals surface area contributed by atoms with Crippen LogP contribution in [0.25, 0.3) is 0 Å². The predicted molar refractivity (Wildman–Crippen MR) is 91.7 cm³/mol. The quantitative estimate of drug-likeness (QED) is 0.533. The molecule has 0 aliphatic carbocycles. The highest BCUT2D eigenvalue weighted by atomic mass is 16.5. The summed E-state index contributed by atoms with van der Waals surface area (Å²) in [5, 5.41) is 5.35. The summed E-state index contributed by atoms with van der Waals surface area (Å²) in [7, 11) is 1.37. The van der Waals surface area contributed by atoms with Crippen molar-refractivity contribution in [3.8, 4) is 0 Å². The zero-order valence-electron chi connectivity index (χ0n) is 14.6. The van der Waals surface area contributed by atoms with Gasteiger partial charge in [-0.15, -0.1) is 0 Å². The minimum absolute atomic E-state index is 0.0477. The Morgan fingerprint density at radius 1 is 1.00 bits per heavy atom. The molecule has 0 fully saturated rings. The Morgan fingerprint density at radius 2 is 1.75 bits per heavy atom. The fourth-order valence-corrected chi connectivity index (χ4v) is 2.11. The van der Waals surface area contributed by atoms with E-state index in [9.17, 15) is 14.4 Å². The van der Waals surface area contributed by atoms with Crippen molar-refractivity contribution in [2.24, 2.45) is 0 Å². The summed E-state index contributed by atoms with van der Waals surface area (Å²) in [4.78, 5) is 34.6. The number of benzene rings is 1. The average Bonchev–Trinajstić information content (AvgIpc) is 2.57. The first-order chi connectivity index (χ1) is 11.4. The number of amides is 2. The summed E-state index contributed by atoms with van der Waals surface area (Å²) >= 11 is 0. The van der Waals surface area contributed by atoms with Gasteiger partial charge in [-0.05, 0) is 49.9 Å². The molecule has 132 valence electrons. The molecule has 0 aromatic heterocycles. The second-order valence-electron chi connectivity index (χ2n) is 5.72. The fraction of sp³-hybridized carbons (Fsp3) is 0.500. The first-order valence-electron chi connectivity index (χ1n) is 8.13. The van der Waals surface area contributed by atoms with Gasteiger partial charge in [-0.2, -0.15) is 0 Å². The van der Waals surface area contributed by atoms with Crippen LogP contribution in [-0.2, 0) is 14.3 Å². The summed E-state index contributed by atoms with van der Waals surface area (Å²) in [5.41, 5.74) is 2.71. The molecule has 0 aliphatic rings. The standard InChI is InChI=1S/C18H26N2O4/c1-13-8-9-15(11-14(13)2)18(23)20-12-16(21)19-10-6-4-5-7-17(22)24-3/h8-9,11H,4-7,10,12H2,1-3H3,(H,19,21)(H,20,23). The van der Waals surface area contributed by atoms with E-state index in [1.165, 1.54) is 7.11 Å². The molecule has 2 N–H and O–H groups in total. The Balaban J connectivity index is 2.18. The maximum atomic E-state index is 12.0. The third-order valence-corrected chi connectivity index (χ3v) is 3.79. The number of aryl methyl sites for hydroxylation is 2. The Hall–Kier alpha value is -2.37. The zero-order chi connectivity index (χ0) is 17.9. The average molecular weight is 334 g/mol. The monoisotopic (exact) mass is 334 g/mol. The number of hydrogen-bond acceptors (Lipinski definition) is 4. The van der Waals surface area contributed by atoms with Crippen molar-refractivity contribution < 1.29 is 19.1 Å². The smallest absolute Gasteiger partial charge is 0.305 e. The lowest BCUT2D eigenvalue weighted by molar-refractivity contribution is -0.140. The number of ether oxygens (including phenoxy) is 1. The van der Waals surface area contributed by atoms with Gasteiger partial charge in [0.25, 0.3) is 5.91 Å². The molecule has 6 heteroatoms. The van der Waals surface area contributed by atoms with Crippen LogP contribution in [0, 0.1) is 13.8 Å².